The van der Waals surface area contributed by atoms with E-state index < -0.39 is 17.8 Å². The van der Waals surface area contributed by atoms with Crippen LogP contribution in [0.5, 0.6) is 0 Å². The van der Waals surface area contributed by atoms with Crippen molar-refractivity contribution in [2.75, 3.05) is 18.4 Å². The minimum atomic E-state index is -4.61. The standard InChI is InChI=1S/C22H18F3N7O/c23-22(24,25)18-10-28-19(11-27-18)29-21(33)20-16-7-14(2-3-17(16)30-31-20)15-6-13(8-26-9-15)12-32-4-1-5-32/h2-3,6-11H,1,4-5,12H2,(H,30,31)(H,28,29,33). The lowest BCUT2D eigenvalue weighted by Crippen LogP contribution is -2.36. The summed E-state index contributed by atoms with van der Waals surface area (Å²) >= 11 is 0. The van der Waals surface area contributed by atoms with Crippen molar-refractivity contribution in [1.82, 2.24) is 30.0 Å². The summed E-state index contributed by atoms with van der Waals surface area (Å²) in [6.07, 6.45) is 1.65. The van der Waals surface area contributed by atoms with E-state index in [1.807, 2.05) is 24.4 Å². The molecule has 33 heavy (non-hydrogen) atoms. The topological polar surface area (TPSA) is 99.7 Å². The third kappa shape index (κ3) is 4.40. The molecule has 4 aromatic rings. The number of amides is 1. The second kappa shape index (κ2) is 8.24. The molecule has 1 aromatic carbocycles. The Morgan fingerprint density at radius 3 is 2.61 bits per heavy atom. The number of benzene rings is 1. The molecule has 11 heteroatoms. The second-order valence-corrected chi connectivity index (χ2v) is 7.78. The second-order valence-electron chi connectivity index (χ2n) is 7.78. The van der Waals surface area contributed by atoms with E-state index in [4.69, 9.17) is 0 Å². The van der Waals surface area contributed by atoms with Crippen molar-refractivity contribution < 1.29 is 18.0 Å². The van der Waals surface area contributed by atoms with E-state index in [-0.39, 0.29) is 11.5 Å². The molecule has 0 atom stereocenters. The third-order valence-electron chi connectivity index (χ3n) is 5.44. The molecule has 2 N–H and O–H groups in total. The highest BCUT2D eigenvalue weighted by Crippen LogP contribution is 2.28. The van der Waals surface area contributed by atoms with Crippen molar-refractivity contribution in [2.24, 2.45) is 0 Å². The molecule has 4 heterocycles. The Morgan fingerprint density at radius 1 is 1.06 bits per heavy atom. The molecule has 1 saturated heterocycles. The van der Waals surface area contributed by atoms with Crippen LogP contribution in [0.2, 0.25) is 0 Å². The van der Waals surface area contributed by atoms with E-state index in [0.717, 1.165) is 42.5 Å². The van der Waals surface area contributed by atoms with Gasteiger partial charge in [-0.2, -0.15) is 18.3 Å². The highest BCUT2D eigenvalue weighted by molar-refractivity contribution is 6.11. The fraction of sp³-hybridized carbons (Fsp3) is 0.227. The number of aromatic nitrogens is 5. The Labute approximate surface area is 185 Å². The summed E-state index contributed by atoms with van der Waals surface area (Å²) in [6, 6.07) is 7.63. The van der Waals surface area contributed by atoms with Gasteiger partial charge in [-0.05, 0) is 48.8 Å². The first kappa shape index (κ1) is 21.0. The molecule has 168 valence electrons. The predicted octanol–water partition coefficient (Wildman–Crippen LogP) is 3.89. The summed E-state index contributed by atoms with van der Waals surface area (Å²) in [5.41, 5.74) is 2.49. The zero-order valence-electron chi connectivity index (χ0n) is 17.2. The molecule has 5 rings (SSSR count). The van der Waals surface area contributed by atoms with Crippen LogP contribution in [0.25, 0.3) is 22.0 Å². The number of alkyl halides is 3. The normalized spacial score (nSPS) is 14.3. The fourth-order valence-electron chi connectivity index (χ4n) is 3.61. The first-order chi connectivity index (χ1) is 15.9. The summed E-state index contributed by atoms with van der Waals surface area (Å²) in [6.45, 7) is 3.02. The van der Waals surface area contributed by atoms with Gasteiger partial charge in [0.2, 0.25) is 0 Å². The maximum atomic E-state index is 12.7. The van der Waals surface area contributed by atoms with Crippen LogP contribution in [-0.4, -0.2) is 49.0 Å². The number of nitrogens with zero attached hydrogens (tertiary/aromatic N) is 5. The summed E-state index contributed by atoms with van der Waals surface area (Å²) in [5, 5.41) is 9.87. The van der Waals surface area contributed by atoms with E-state index in [9.17, 15) is 18.0 Å². The Bertz CT molecular complexity index is 1310. The van der Waals surface area contributed by atoms with Gasteiger partial charge in [0.25, 0.3) is 5.91 Å². The number of pyridine rings is 1. The molecule has 8 nitrogen and oxygen atoms in total. The summed E-state index contributed by atoms with van der Waals surface area (Å²) in [4.78, 5) is 26.3. The SMILES string of the molecule is O=C(Nc1cnc(C(F)(F)F)cn1)c1n[nH]c2ccc(-c3cncc(CN4CCC4)c3)cc12. The maximum absolute atomic E-state index is 12.7. The lowest BCUT2D eigenvalue weighted by atomic mass is 10.0. The Kier molecular flexibility index (Phi) is 5.25. The van der Waals surface area contributed by atoms with Gasteiger partial charge in [-0.15, -0.1) is 0 Å². The molecule has 3 aromatic heterocycles. The van der Waals surface area contributed by atoms with Crippen LogP contribution in [-0.2, 0) is 12.7 Å². The highest BCUT2D eigenvalue weighted by atomic mass is 19.4. The van der Waals surface area contributed by atoms with Crippen LogP contribution in [0.1, 0.15) is 28.2 Å². The largest absolute Gasteiger partial charge is 0.434 e. The van der Waals surface area contributed by atoms with Gasteiger partial charge >= 0.3 is 6.18 Å². The molecule has 0 spiro atoms. The molecular formula is C22H18F3N7O. The average Bonchev–Trinajstić information content (AvgIpc) is 3.20. The van der Waals surface area contributed by atoms with E-state index in [1.54, 1.807) is 6.20 Å². The van der Waals surface area contributed by atoms with Crippen LogP contribution in [0.3, 0.4) is 0 Å². The number of nitrogens with one attached hydrogen (secondary N) is 2. The number of aromatic amines is 1. The van der Waals surface area contributed by atoms with Gasteiger partial charge in [-0.25, -0.2) is 9.97 Å². The van der Waals surface area contributed by atoms with Crippen LogP contribution in [0.15, 0.2) is 49.1 Å². The van der Waals surface area contributed by atoms with Crippen molar-refractivity contribution in [3.05, 3.63) is 66.0 Å². The zero-order chi connectivity index (χ0) is 23.0. The van der Waals surface area contributed by atoms with E-state index in [2.05, 4.69) is 41.4 Å². The zero-order valence-corrected chi connectivity index (χ0v) is 17.2. The lowest BCUT2D eigenvalue weighted by Gasteiger charge is -2.30. The van der Waals surface area contributed by atoms with Crippen molar-refractivity contribution in [3.63, 3.8) is 0 Å². The number of likely N-dealkylation sites (tertiary alicyclic amines) is 1. The van der Waals surface area contributed by atoms with E-state index in [1.165, 1.54) is 6.42 Å². The smallest absolute Gasteiger partial charge is 0.304 e. The molecular weight excluding hydrogens is 435 g/mol. The van der Waals surface area contributed by atoms with Crippen molar-refractivity contribution in [3.8, 4) is 11.1 Å². The monoisotopic (exact) mass is 453 g/mol. The Hall–Kier alpha value is -3.86. The molecule has 0 radical (unpaired) electrons. The number of halogens is 3. The van der Waals surface area contributed by atoms with Gasteiger partial charge in [-0.1, -0.05) is 6.07 Å². The van der Waals surface area contributed by atoms with Crippen LogP contribution in [0.4, 0.5) is 19.0 Å². The van der Waals surface area contributed by atoms with Gasteiger partial charge in [0, 0.05) is 29.9 Å². The van der Waals surface area contributed by atoms with Crippen LogP contribution < -0.4 is 5.32 Å². The molecule has 1 aliphatic rings. The molecule has 1 aliphatic heterocycles. The lowest BCUT2D eigenvalue weighted by molar-refractivity contribution is -0.141. The van der Waals surface area contributed by atoms with Gasteiger partial charge in [-0.3, -0.25) is 19.8 Å². The van der Waals surface area contributed by atoms with Crippen LogP contribution >= 0.6 is 0 Å². The Morgan fingerprint density at radius 2 is 1.91 bits per heavy atom. The van der Waals surface area contributed by atoms with Crippen LogP contribution in [0, 0.1) is 0 Å². The number of hydrogen-bond acceptors (Lipinski definition) is 6. The van der Waals surface area contributed by atoms with Gasteiger partial charge in [0.05, 0.1) is 17.9 Å². The Balaban J connectivity index is 1.39. The quantitative estimate of drug-likeness (QED) is 0.476. The number of H-pyrrole nitrogens is 1. The van der Waals surface area contributed by atoms with Gasteiger partial charge in [0.1, 0.15) is 0 Å². The summed E-state index contributed by atoms with van der Waals surface area (Å²) in [5.74, 6) is -0.722. The minimum absolute atomic E-state index is 0.0956. The number of carbonyl (C=O) groups is 1. The summed E-state index contributed by atoms with van der Waals surface area (Å²) in [7, 11) is 0. The van der Waals surface area contributed by atoms with E-state index in [0.29, 0.717) is 17.1 Å². The number of fused-ring (bicyclic) bond motifs is 1. The molecule has 1 amide bonds. The molecule has 1 fully saturated rings. The molecule has 0 aliphatic carbocycles. The first-order valence-electron chi connectivity index (χ1n) is 10.2. The minimum Gasteiger partial charge on any atom is -0.304 e. The van der Waals surface area contributed by atoms with Gasteiger partial charge in [0.15, 0.2) is 17.2 Å². The number of anilines is 1. The maximum Gasteiger partial charge on any atom is 0.434 e. The number of carbonyl (C=O) groups excluding carboxylic acids is 1. The van der Waals surface area contributed by atoms with Crippen molar-refractivity contribution >= 4 is 22.6 Å². The molecule has 0 unspecified atom stereocenters. The fourth-order valence-corrected chi connectivity index (χ4v) is 3.61. The third-order valence-corrected chi connectivity index (χ3v) is 5.44. The molecule has 0 saturated carbocycles. The van der Waals surface area contributed by atoms with Gasteiger partial charge < -0.3 is 5.32 Å². The summed E-state index contributed by atoms with van der Waals surface area (Å²) < 4.78 is 38.0. The molecule has 0 bridgehead atoms. The first-order valence-corrected chi connectivity index (χ1v) is 10.2. The average molecular weight is 453 g/mol. The van der Waals surface area contributed by atoms with Crippen molar-refractivity contribution in [1.29, 1.82) is 0 Å². The van der Waals surface area contributed by atoms with E-state index >= 15 is 0 Å². The predicted molar refractivity (Wildman–Crippen MR) is 114 cm³/mol. The highest BCUT2D eigenvalue weighted by Gasteiger charge is 2.32. The van der Waals surface area contributed by atoms with Crippen molar-refractivity contribution in [2.45, 2.75) is 19.1 Å². The number of rotatable bonds is 5. The number of hydrogen-bond donors (Lipinski definition) is 2.